The second-order valence-corrected chi connectivity index (χ2v) is 12.9. The van der Waals surface area contributed by atoms with Crippen LogP contribution in [0, 0.1) is 0 Å². The fraction of sp³-hybridized carbons (Fsp3) is 0. The van der Waals surface area contributed by atoms with Gasteiger partial charge in [0.1, 0.15) is 5.58 Å². The third-order valence-electron chi connectivity index (χ3n) is 10.0. The third kappa shape index (κ3) is 4.82. The van der Waals surface area contributed by atoms with Gasteiger partial charge in [-0.1, -0.05) is 146 Å². The SMILES string of the molecule is c1ccc(-c2ccc(-c3ccccc3N(c3ccc4c5ccccc5n(-c5ccccc5)c4c3)c3cccc4c3oc3ccccc34)cc2)cc1. The van der Waals surface area contributed by atoms with E-state index in [0.29, 0.717) is 0 Å². The maximum Gasteiger partial charge on any atom is 0.159 e. The zero-order chi connectivity index (χ0) is 33.7. The number of para-hydroxylation sites is 5. The van der Waals surface area contributed by atoms with Crippen molar-refractivity contribution in [2.75, 3.05) is 4.90 Å². The number of fused-ring (bicyclic) bond motifs is 6. The Hall–Kier alpha value is -6.84. The molecule has 0 aliphatic heterocycles. The molecule has 0 aliphatic rings. The summed E-state index contributed by atoms with van der Waals surface area (Å²) in [5.74, 6) is 0. The van der Waals surface area contributed by atoms with Crippen molar-refractivity contribution in [2.45, 2.75) is 0 Å². The van der Waals surface area contributed by atoms with Gasteiger partial charge in [0.25, 0.3) is 0 Å². The van der Waals surface area contributed by atoms with Crippen molar-refractivity contribution in [3.05, 3.63) is 194 Å². The Morgan fingerprint density at radius 3 is 1.84 bits per heavy atom. The smallest absolute Gasteiger partial charge is 0.159 e. The highest BCUT2D eigenvalue weighted by molar-refractivity contribution is 6.13. The molecule has 3 nitrogen and oxygen atoms in total. The van der Waals surface area contributed by atoms with E-state index >= 15 is 0 Å². The van der Waals surface area contributed by atoms with Gasteiger partial charge < -0.3 is 13.9 Å². The van der Waals surface area contributed by atoms with Crippen molar-refractivity contribution in [1.82, 2.24) is 4.57 Å². The van der Waals surface area contributed by atoms with Gasteiger partial charge in [-0.2, -0.15) is 0 Å². The normalized spacial score (nSPS) is 11.5. The molecule has 0 bridgehead atoms. The van der Waals surface area contributed by atoms with Crippen molar-refractivity contribution in [1.29, 1.82) is 0 Å². The number of anilines is 3. The van der Waals surface area contributed by atoms with E-state index in [1.807, 2.05) is 6.07 Å². The van der Waals surface area contributed by atoms with Crippen molar-refractivity contribution in [3.8, 4) is 27.9 Å². The van der Waals surface area contributed by atoms with E-state index in [4.69, 9.17) is 4.42 Å². The summed E-state index contributed by atoms with van der Waals surface area (Å²) >= 11 is 0. The van der Waals surface area contributed by atoms with E-state index in [2.05, 4.69) is 198 Å². The number of furan rings is 1. The molecule has 51 heavy (non-hydrogen) atoms. The molecule has 0 saturated heterocycles. The fourth-order valence-corrected chi connectivity index (χ4v) is 7.66. The average molecular weight is 653 g/mol. The first-order chi connectivity index (χ1) is 25.3. The van der Waals surface area contributed by atoms with Gasteiger partial charge in [0, 0.05) is 38.5 Å². The van der Waals surface area contributed by atoms with Gasteiger partial charge in [-0.3, -0.25) is 0 Å². The van der Waals surface area contributed by atoms with Gasteiger partial charge in [0.05, 0.1) is 22.4 Å². The fourth-order valence-electron chi connectivity index (χ4n) is 7.66. The summed E-state index contributed by atoms with van der Waals surface area (Å²) in [5.41, 5.74) is 13.0. The van der Waals surface area contributed by atoms with Crippen LogP contribution in [0.5, 0.6) is 0 Å². The molecule has 0 spiro atoms. The lowest BCUT2D eigenvalue weighted by molar-refractivity contribution is 0.669. The largest absolute Gasteiger partial charge is 0.454 e. The number of benzene rings is 8. The summed E-state index contributed by atoms with van der Waals surface area (Å²) in [7, 11) is 0. The number of rotatable bonds is 6. The number of hydrogen-bond acceptors (Lipinski definition) is 2. The zero-order valence-electron chi connectivity index (χ0n) is 27.8. The predicted octanol–water partition coefficient (Wildman–Crippen LogP) is 13.5. The predicted molar refractivity (Wildman–Crippen MR) is 214 cm³/mol. The van der Waals surface area contributed by atoms with Crippen LogP contribution in [0.2, 0.25) is 0 Å². The average Bonchev–Trinajstić information content (AvgIpc) is 3.75. The topological polar surface area (TPSA) is 21.3 Å². The standard InChI is InChI=1S/C48H32N2O/c1-3-14-33(15-4-1)34-26-28-35(29-27-34)38-18-7-10-22-43(38)50(45-24-13-21-42-41-20-9-12-25-47(41)51-48(42)45)37-30-31-40-39-19-8-11-23-44(39)49(46(40)32-37)36-16-5-2-6-17-36/h1-32H. The summed E-state index contributed by atoms with van der Waals surface area (Å²) in [4.78, 5) is 2.37. The molecule has 0 unspecified atom stereocenters. The Labute approximate surface area is 295 Å². The summed E-state index contributed by atoms with van der Waals surface area (Å²) in [6.07, 6.45) is 0. The molecule has 3 heteroatoms. The van der Waals surface area contributed by atoms with Crippen LogP contribution >= 0.6 is 0 Å². The van der Waals surface area contributed by atoms with Gasteiger partial charge in [-0.05, 0) is 65.2 Å². The van der Waals surface area contributed by atoms with Crippen LogP contribution in [-0.4, -0.2) is 4.57 Å². The van der Waals surface area contributed by atoms with Crippen LogP contribution in [0.15, 0.2) is 199 Å². The Morgan fingerprint density at radius 1 is 0.392 bits per heavy atom. The van der Waals surface area contributed by atoms with Crippen molar-refractivity contribution < 1.29 is 4.42 Å². The molecular formula is C48H32N2O. The van der Waals surface area contributed by atoms with Crippen molar-refractivity contribution >= 4 is 60.8 Å². The maximum atomic E-state index is 6.70. The molecule has 0 saturated carbocycles. The lowest BCUT2D eigenvalue weighted by atomic mass is 9.98. The molecule has 10 aromatic rings. The molecular weight excluding hydrogens is 621 g/mol. The van der Waals surface area contributed by atoms with Crippen LogP contribution in [-0.2, 0) is 0 Å². The van der Waals surface area contributed by atoms with E-state index in [-0.39, 0.29) is 0 Å². The van der Waals surface area contributed by atoms with Crippen LogP contribution < -0.4 is 4.90 Å². The van der Waals surface area contributed by atoms with Gasteiger partial charge in [-0.15, -0.1) is 0 Å². The molecule has 8 aromatic carbocycles. The highest BCUT2D eigenvalue weighted by Crippen LogP contribution is 2.46. The lowest BCUT2D eigenvalue weighted by Gasteiger charge is -2.28. The minimum absolute atomic E-state index is 0.858. The Kier molecular flexibility index (Phi) is 6.81. The molecule has 10 rings (SSSR count). The Bertz CT molecular complexity index is 2850. The zero-order valence-corrected chi connectivity index (χ0v) is 27.8. The van der Waals surface area contributed by atoms with Gasteiger partial charge in [0.15, 0.2) is 5.58 Å². The van der Waals surface area contributed by atoms with Crippen LogP contribution in [0.25, 0.3) is 71.7 Å². The number of nitrogens with zero attached hydrogens (tertiary/aromatic N) is 2. The summed E-state index contributed by atoms with van der Waals surface area (Å²) in [5, 5.41) is 4.65. The molecule has 0 fully saturated rings. The third-order valence-corrected chi connectivity index (χ3v) is 10.0. The summed E-state index contributed by atoms with van der Waals surface area (Å²) < 4.78 is 9.08. The van der Waals surface area contributed by atoms with Crippen LogP contribution in [0.4, 0.5) is 17.1 Å². The molecule has 2 heterocycles. The van der Waals surface area contributed by atoms with Crippen molar-refractivity contribution in [2.24, 2.45) is 0 Å². The first-order valence-electron chi connectivity index (χ1n) is 17.4. The highest BCUT2D eigenvalue weighted by atomic mass is 16.3. The number of hydrogen-bond donors (Lipinski definition) is 0. The second-order valence-electron chi connectivity index (χ2n) is 12.9. The van der Waals surface area contributed by atoms with E-state index in [0.717, 1.165) is 61.3 Å². The monoisotopic (exact) mass is 652 g/mol. The first kappa shape index (κ1) is 29.1. The van der Waals surface area contributed by atoms with E-state index in [9.17, 15) is 0 Å². The summed E-state index contributed by atoms with van der Waals surface area (Å²) in [6.45, 7) is 0. The van der Waals surface area contributed by atoms with E-state index in [1.54, 1.807) is 0 Å². The Balaban J connectivity index is 1.24. The molecule has 0 N–H and O–H groups in total. The minimum Gasteiger partial charge on any atom is -0.454 e. The molecule has 2 aromatic heterocycles. The van der Waals surface area contributed by atoms with Gasteiger partial charge in [-0.25, -0.2) is 0 Å². The maximum absolute atomic E-state index is 6.70. The molecule has 0 radical (unpaired) electrons. The molecule has 0 amide bonds. The summed E-state index contributed by atoms with van der Waals surface area (Å²) in [6, 6.07) is 69.1. The van der Waals surface area contributed by atoms with E-state index in [1.165, 1.54) is 27.4 Å². The van der Waals surface area contributed by atoms with Crippen LogP contribution in [0.3, 0.4) is 0 Å². The Morgan fingerprint density at radius 2 is 1.00 bits per heavy atom. The highest BCUT2D eigenvalue weighted by Gasteiger charge is 2.23. The van der Waals surface area contributed by atoms with Crippen molar-refractivity contribution in [3.63, 3.8) is 0 Å². The minimum atomic E-state index is 0.858. The molecule has 0 aliphatic carbocycles. The first-order valence-corrected chi connectivity index (χ1v) is 17.4. The van der Waals surface area contributed by atoms with Crippen LogP contribution in [0.1, 0.15) is 0 Å². The van der Waals surface area contributed by atoms with E-state index < -0.39 is 0 Å². The quantitative estimate of drug-likeness (QED) is 0.178. The second kappa shape index (κ2) is 11.9. The van der Waals surface area contributed by atoms with Gasteiger partial charge in [0.2, 0.25) is 0 Å². The number of aromatic nitrogens is 1. The molecule has 0 atom stereocenters. The van der Waals surface area contributed by atoms with Gasteiger partial charge >= 0.3 is 0 Å². The molecule has 240 valence electrons. The lowest BCUT2D eigenvalue weighted by Crippen LogP contribution is -2.11.